The molecule has 1 aromatic carbocycles. The molecule has 0 aliphatic heterocycles. The number of nitrogens with zero attached hydrogens (tertiary/aromatic N) is 2. The van der Waals surface area contributed by atoms with Gasteiger partial charge in [0.05, 0.1) is 17.1 Å². The largest absolute Gasteiger partial charge is 0.475 e. The lowest BCUT2D eigenvalue weighted by Gasteiger charge is -2.08. The van der Waals surface area contributed by atoms with Crippen molar-refractivity contribution in [1.29, 1.82) is 0 Å². The van der Waals surface area contributed by atoms with Crippen LogP contribution in [0.2, 0.25) is 0 Å². The lowest BCUT2D eigenvalue weighted by atomic mass is 10.1. The number of aromatic nitrogens is 3. The van der Waals surface area contributed by atoms with Crippen molar-refractivity contribution in [3.8, 4) is 17.1 Å². The van der Waals surface area contributed by atoms with Gasteiger partial charge >= 0.3 is 0 Å². The molecule has 0 aliphatic rings. The van der Waals surface area contributed by atoms with Crippen LogP contribution < -0.4 is 10.1 Å². The van der Waals surface area contributed by atoms with Gasteiger partial charge in [-0.05, 0) is 38.1 Å². The molecule has 0 spiro atoms. The first-order valence-electron chi connectivity index (χ1n) is 6.99. The van der Waals surface area contributed by atoms with Gasteiger partial charge in [-0.3, -0.25) is 5.10 Å². The van der Waals surface area contributed by atoms with E-state index >= 15 is 0 Å². The Morgan fingerprint density at radius 3 is 2.82 bits per heavy atom. The van der Waals surface area contributed by atoms with Crippen LogP contribution >= 0.6 is 12.2 Å². The van der Waals surface area contributed by atoms with Crippen molar-refractivity contribution in [1.82, 2.24) is 15.2 Å². The molecule has 0 atom stereocenters. The number of ether oxygens (including phenoxy) is 1. The number of nitrogens with one attached hydrogen (secondary N) is 2. The van der Waals surface area contributed by atoms with E-state index in [0.717, 1.165) is 27.8 Å². The summed E-state index contributed by atoms with van der Waals surface area (Å²) in [4.78, 5) is 4.33. The molecular formula is C16H16N4OS. The normalized spacial score (nSPS) is 10.9. The van der Waals surface area contributed by atoms with Crippen molar-refractivity contribution in [2.45, 2.75) is 20.0 Å². The molecule has 0 amide bonds. The lowest BCUT2D eigenvalue weighted by Crippen LogP contribution is -2.06. The minimum absolute atomic E-state index is 0.104. The molecular weight excluding hydrogens is 296 g/mol. The quantitative estimate of drug-likeness (QED) is 0.702. The number of pyridine rings is 1. The second-order valence-corrected chi connectivity index (χ2v) is 5.38. The monoisotopic (exact) mass is 312 g/mol. The van der Waals surface area contributed by atoms with E-state index in [1.807, 2.05) is 44.2 Å². The number of anilines is 1. The van der Waals surface area contributed by atoms with Gasteiger partial charge < -0.3 is 10.1 Å². The van der Waals surface area contributed by atoms with Gasteiger partial charge in [0, 0.05) is 28.9 Å². The van der Waals surface area contributed by atoms with Crippen LogP contribution in [0.15, 0.2) is 36.5 Å². The Morgan fingerprint density at radius 1 is 1.27 bits per heavy atom. The molecule has 112 valence electrons. The molecule has 0 aliphatic carbocycles. The molecule has 0 fully saturated rings. The van der Waals surface area contributed by atoms with Gasteiger partial charge in [0.15, 0.2) is 0 Å². The minimum Gasteiger partial charge on any atom is -0.475 e. The second kappa shape index (κ2) is 6.11. The van der Waals surface area contributed by atoms with Crippen LogP contribution in [0.4, 0.5) is 5.69 Å². The first-order valence-corrected chi connectivity index (χ1v) is 7.46. The smallest absolute Gasteiger partial charge is 0.213 e. The number of fused-ring (bicyclic) bond motifs is 1. The highest BCUT2D eigenvalue weighted by Crippen LogP contribution is 2.28. The number of hydrogen-bond acceptors (Lipinski definition) is 4. The molecule has 0 radical (unpaired) electrons. The minimum atomic E-state index is 0.104. The first kappa shape index (κ1) is 14.5. The molecule has 0 unspecified atom stereocenters. The number of aromatic amines is 1. The number of benzene rings is 1. The number of rotatable bonds is 5. The average molecular weight is 312 g/mol. The molecule has 3 aromatic rings. The summed E-state index contributed by atoms with van der Waals surface area (Å²) in [5.41, 5.74) is 5.17. The van der Waals surface area contributed by atoms with E-state index in [0.29, 0.717) is 5.88 Å². The summed E-state index contributed by atoms with van der Waals surface area (Å²) in [5, 5.41) is 11.4. The maximum Gasteiger partial charge on any atom is 0.213 e. The van der Waals surface area contributed by atoms with E-state index < -0.39 is 0 Å². The predicted octanol–water partition coefficient (Wildman–Crippen LogP) is 3.78. The fourth-order valence-corrected chi connectivity index (χ4v) is 2.36. The SMILES string of the molecule is CC(C)Oc1ccc(-c2n[nH]c3ccc(NC=S)cc23)cn1. The number of hydrogen-bond donors (Lipinski definition) is 2. The molecule has 0 bridgehead atoms. The van der Waals surface area contributed by atoms with Crippen LogP contribution in [0.3, 0.4) is 0 Å². The molecule has 2 heterocycles. The van der Waals surface area contributed by atoms with Crippen LogP contribution in [0.1, 0.15) is 13.8 Å². The van der Waals surface area contributed by atoms with Crippen LogP contribution in [-0.4, -0.2) is 26.8 Å². The number of H-pyrrole nitrogens is 1. The van der Waals surface area contributed by atoms with E-state index in [1.165, 1.54) is 5.49 Å². The summed E-state index contributed by atoms with van der Waals surface area (Å²) in [6, 6.07) is 9.74. The molecule has 2 N–H and O–H groups in total. The zero-order valence-corrected chi connectivity index (χ0v) is 13.1. The zero-order chi connectivity index (χ0) is 15.5. The molecule has 6 heteroatoms. The van der Waals surface area contributed by atoms with Gasteiger partial charge in [0.1, 0.15) is 5.69 Å². The molecule has 0 saturated carbocycles. The molecule has 3 rings (SSSR count). The fourth-order valence-electron chi connectivity index (χ4n) is 2.22. The molecule has 5 nitrogen and oxygen atoms in total. The summed E-state index contributed by atoms with van der Waals surface area (Å²) in [7, 11) is 0. The summed E-state index contributed by atoms with van der Waals surface area (Å²) in [6.45, 7) is 3.95. The summed E-state index contributed by atoms with van der Waals surface area (Å²) >= 11 is 4.83. The van der Waals surface area contributed by atoms with Gasteiger partial charge in [-0.25, -0.2) is 4.98 Å². The predicted molar refractivity (Wildman–Crippen MR) is 92.4 cm³/mol. The third-order valence-corrected chi connectivity index (χ3v) is 3.27. The Labute approximate surface area is 133 Å². The average Bonchev–Trinajstić information content (AvgIpc) is 2.91. The fraction of sp³-hybridized carbons (Fsp3) is 0.188. The van der Waals surface area contributed by atoms with Gasteiger partial charge in [0.2, 0.25) is 5.88 Å². The summed E-state index contributed by atoms with van der Waals surface area (Å²) < 4.78 is 5.56. The van der Waals surface area contributed by atoms with Crippen LogP contribution in [0.25, 0.3) is 22.2 Å². The first-order chi connectivity index (χ1) is 10.7. The Morgan fingerprint density at radius 2 is 2.14 bits per heavy atom. The standard InChI is InChI=1S/C16H16N4OS/c1-10(2)21-15-6-3-11(8-17-15)16-13-7-12(18-9-22)4-5-14(13)19-20-16/h3-10H,1-2H3,(H,18,22)(H,19,20). The van der Waals surface area contributed by atoms with Gasteiger partial charge in [-0.15, -0.1) is 0 Å². The topological polar surface area (TPSA) is 62.8 Å². The Hall–Kier alpha value is -2.47. The molecule has 0 saturated heterocycles. The lowest BCUT2D eigenvalue weighted by molar-refractivity contribution is 0.232. The number of thiocarbonyl (C=S) groups is 1. The Bertz CT molecular complexity index is 796. The third kappa shape index (κ3) is 2.92. The van der Waals surface area contributed by atoms with Gasteiger partial charge in [-0.2, -0.15) is 5.10 Å². The van der Waals surface area contributed by atoms with Crippen molar-refractivity contribution in [2.24, 2.45) is 0 Å². The maximum atomic E-state index is 5.56. The third-order valence-electron chi connectivity index (χ3n) is 3.15. The van der Waals surface area contributed by atoms with Crippen molar-refractivity contribution < 1.29 is 4.74 Å². The van der Waals surface area contributed by atoms with Gasteiger partial charge in [0.25, 0.3) is 0 Å². The van der Waals surface area contributed by atoms with E-state index in [9.17, 15) is 0 Å². The van der Waals surface area contributed by atoms with Crippen molar-refractivity contribution >= 4 is 34.3 Å². The van der Waals surface area contributed by atoms with Crippen LogP contribution in [-0.2, 0) is 0 Å². The van der Waals surface area contributed by atoms with Crippen LogP contribution in [0.5, 0.6) is 5.88 Å². The molecule has 2 aromatic heterocycles. The van der Waals surface area contributed by atoms with E-state index in [4.69, 9.17) is 17.0 Å². The second-order valence-electron chi connectivity index (χ2n) is 5.15. The van der Waals surface area contributed by atoms with Gasteiger partial charge in [-0.1, -0.05) is 12.2 Å². The van der Waals surface area contributed by atoms with Crippen molar-refractivity contribution in [3.63, 3.8) is 0 Å². The highest BCUT2D eigenvalue weighted by Gasteiger charge is 2.10. The highest BCUT2D eigenvalue weighted by atomic mass is 32.1. The zero-order valence-electron chi connectivity index (χ0n) is 12.3. The Balaban J connectivity index is 1.98. The van der Waals surface area contributed by atoms with Crippen molar-refractivity contribution in [2.75, 3.05) is 5.32 Å². The van der Waals surface area contributed by atoms with Crippen molar-refractivity contribution in [3.05, 3.63) is 36.5 Å². The van der Waals surface area contributed by atoms with E-state index in [2.05, 4.69) is 20.5 Å². The summed E-state index contributed by atoms with van der Waals surface area (Å²) in [5.74, 6) is 0.613. The Kier molecular flexibility index (Phi) is 4.02. The van der Waals surface area contributed by atoms with E-state index in [-0.39, 0.29) is 6.10 Å². The summed E-state index contributed by atoms with van der Waals surface area (Å²) in [6.07, 6.45) is 1.87. The molecule has 22 heavy (non-hydrogen) atoms. The van der Waals surface area contributed by atoms with E-state index in [1.54, 1.807) is 6.20 Å². The highest BCUT2D eigenvalue weighted by molar-refractivity contribution is 7.79. The maximum absolute atomic E-state index is 5.56. The van der Waals surface area contributed by atoms with Crippen LogP contribution in [0, 0.1) is 0 Å².